The summed E-state index contributed by atoms with van der Waals surface area (Å²) in [5.74, 6) is 0. The average Bonchev–Trinajstić information content (AvgIpc) is 2.37. The number of nitriles is 1. The fourth-order valence-corrected chi connectivity index (χ4v) is 1.71. The van der Waals surface area contributed by atoms with E-state index in [9.17, 15) is 13.2 Å². The molecule has 0 radical (unpaired) electrons. The van der Waals surface area contributed by atoms with Gasteiger partial charge in [-0.3, -0.25) is 0 Å². The van der Waals surface area contributed by atoms with Gasteiger partial charge in [0.05, 0.1) is 17.5 Å². The standard InChI is InChI=1S/C12H5ClF3N3/c13-11-9(5-17)18-6-10(19-11)7-3-1-2-4-8(7)12(14,15)16/h1-4,6H. The lowest BCUT2D eigenvalue weighted by molar-refractivity contribution is -0.137. The molecule has 0 bridgehead atoms. The average molecular weight is 284 g/mol. The van der Waals surface area contributed by atoms with Crippen molar-refractivity contribution < 1.29 is 13.2 Å². The Morgan fingerprint density at radius 3 is 2.47 bits per heavy atom. The first-order chi connectivity index (χ1) is 8.93. The molecule has 0 fully saturated rings. The smallest absolute Gasteiger partial charge is 0.240 e. The van der Waals surface area contributed by atoms with Crippen molar-refractivity contribution in [2.24, 2.45) is 0 Å². The van der Waals surface area contributed by atoms with Crippen LogP contribution in [0, 0.1) is 11.3 Å². The van der Waals surface area contributed by atoms with Gasteiger partial charge < -0.3 is 0 Å². The molecule has 0 saturated carbocycles. The van der Waals surface area contributed by atoms with E-state index in [1.165, 1.54) is 18.2 Å². The van der Waals surface area contributed by atoms with Gasteiger partial charge in [0.25, 0.3) is 0 Å². The summed E-state index contributed by atoms with van der Waals surface area (Å²) in [4.78, 5) is 7.44. The summed E-state index contributed by atoms with van der Waals surface area (Å²) in [5, 5.41) is 8.42. The van der Waals surface area contributed by atoms with Crippen molar-refractivity contribution in [3.8, 4) is 17.3 Å². The molecule has 1 aromatic carbocycles. The van der Waals surface area contributed by atoms with Gasteiger partial charge in [-0.15, -0.1) is 0 Å². The highest BCUT2D eigenvalue weighted by molar-refractivity contribution is 6.30. The topological polar surface area (TPSA) is 49.6 Å². The van der Waals surface area contributed by atoms with Crippen LogP contribution in [0.15, 0.2) is 30.5 Å². The van der Waals surface area contributed by atoms with E-state index in [-0.39, 0.29) is 22.1 Å². The fourth-order valence-electron chi connectivity index (χ4n) is 1.52. The van der Waals surface area contributed by atoms with Crippen LogP contribution in [0.3, 0.4) is 0 Å². The maximum atomic E-state index is 12.8. The van der Waals surface area contributed by atoms with E-state index in [0.29, 0.717) is 0 Å². The molecule has 19 heavy (non-hydrogen) atoms. The number of alkyl halides is 3. The molecule has 0 amide bonds. The predicted molar refractivity (Wildman–Crippen MR) is 62.2 cm³/mol. The summed E-state index contributed by atoms with van der Waals surface area (Å²) >= 11 is 5.67. The molecular formula is C12H5ClF3N3. The highest BCUT2D eigenvalue weighted by atomic mass is 35.5. The molecule has 1 aromatic heterocycles. The Hall–Kier alpha value is -2.13. The maximum Gasteiger partial charge on any atom is 0.417 e. The summed E-state index contributed by atoms with van der Waals surface area (Å²) < 4.78 is 38.5. The molecule has 7 heteroatoms. The van der Waals surface area contributed by atoms with E-state index in [2.05, 4.69) is 9.97 Å². The van der Waals surface area contributed by atoms with Gasteiger partial charge in [0.2, 0.25) is 0 Å². The largest absolute Gasteiger partial charge is 0.417 e. The number of rotatable bonds is 1. The summed E-state index contributed by atoms with van der Waals surface area (Å²) in [6.07, 6.45) is -3.41. The lowest BCUT2D eigenvalue weighted by atomic mass is 10.0. The summed E-state index contributed by atoms with van der Waals surface area (Å²) in [5.41, 5.74) is -1.12. The minimum Gasteiger partial charge on any atom is -0.240 e. The highest BCUT2D eigenvalue weighted by Gasteiger charge is 2.33. The lowest BCUT2D eigenvalue weighted by Crippen LogP contribution is -2.07. The summed E-state index contributed by atoms with van der Waals surface area (Å²) in [7, 11) is 0. The Labute approximate surface area is 111 Å². The Balaban J connectivity index is 2.61. The Morgan fingerprint density at radius 1 is 1.21 bits per heavy atom. The molecule has 0 atom stereocenters. The van der Waals surface area contributed by atoms with Crippen molar-refractivity contribution in [2.75, 3.05) is 0 Å². The first kappa shape index (κ1) is 13.3. The molecular weight excluding hydrogens is 279 g/mol. The minimum atomic E-state index is -4.50. The van der Waals surface area contributed by atoms with Crippen LogP contribution in [0.5, 0.6) is 0 Å². The predicted octanol–water partition coefficient (Wildman–Crippen LogP) is 3.69. The molecule has 0 aliphatic rings. The molecule has 0 aliphatic heterocycles. The second-order valence-corrected chi connectivity index (χ2v) is 3.91. The Bertz CT molecular complexity index is 662. The van der Waals surface area contributed by atoms with Crippen molar-refractivity contribution in [1.29, 1.82) is 5.26 Å². The molecule has 0 aliphatic carbocycles. The third-order valence-corrected chi connectivity index (χ3v) is 2.61. The Morgan fingerprint density at radius 2 is 1.89 bits per heavy atom. The molecule has 2 aromatic rings. The van der Waals surface area contributed by atoms with Gasteiger partial charge in [0.1, 0.15) is 6.07 Å². The van der Waals surface area contributed by atoms with E-state index in [1.807, 2.05) is 0 Å². The third-order valence-electron chi connectivity index (χ3n) is 2.34. The van der Waals surface area contributed by atoms with E-state index < -0.39 is 11.7 Å². The molecule has 0 unspecified atom stereocenters. The zero-order chi connectivity index (χ0) is 14.0. The van der Waals surface area contributed by atoms with Gasteiger partial charge >= 0.3 is 6.18 Å². The second kappa shape index (κ2) is 4.86. The molecule has 0 spiro atoms. The van der Waals surface area contributed by atoms with E-state index in [0.717, 1.165) is 12.3 Å². The van der Waals surface area contributed by atoms with Crippen LogP contribution < -0.4 is 0 Å². The van der Waals surface area contributed by atoms with Gasteiger partial charge in [0.15, 0.2) is 10.8 Å². The number of benzene rings is 1. The Kier molecular flexibility index (Phi) is 3.40. The molecule has 2 rings (SSSR count). The van der Waals surface area contributed by atoms with Crippen molar-refractivity contribution in [1.82, 2.24) is 9.97 Å². The highest BCUT2D eigenvalue weighted by Crippen LogP contribution is 2.36. The fraction of sp³-hybridized carbons (Fsp3) is 0.0833. The minimum absolute atomic E-state index is 0.0306. The van der Waals surface area contributed by atoms with Crippen molar-refractivity contribution >= 4 is 11.6 Å². The van der Waals surface area contributed by atoms with Crippen molar-refractivity contribution in [3.63, 3.8) is 0 Å². The summed E-state index contributed by atoms with van der Waals surface area (Å²) in [6, 6.07) is 6.65. The molecule has 3 nitrogen and oxygen atoms in total. The van der Waals surface area contributed by atoms with E-state index in [4.69, 9.17) is 16.9 Å². The molecule has 0 N–H and O–H groups in total. The van der Waals surface area contributed by atoms with Gasteiger partial charge in [-0.1, -0.05) is 29.8 Å². The maximum absolute atomic E-state index is 12.8. The first-order valence-electron chi connectivity index (χ1n) is 5.02. The van der Waals surface area contributed by atoms with E-state index >= 15 is 0 Å². The zero-order valence-corrected chi connectivity index (χ0v) is 10.00. The van der Waals surface area contributed by atoms with E-state index in [1.54, 1.807) is 6.07 Å². The number of halogens is 4. The van der Waals surface area contributed by atoms with Crippen molar-refractivity contribution in [2.45, 2.75) is 6.18 Å². The van der Waals surface area contributed by atoms with Crippen LogP contribution >= 0.6 is 11.6 Å². The van der Waals surface area contributed by atoms with Crippen LogP contribution in [-0.4, -0.2) is 9.97 Å². The molecule has 1 heterocycles. The zero-order valence-electron chi connectivity index (χ0n) is 9.24. The number of hydrogen-bond acceptors (Lipinski definition) is 3. The third kappa shape index (κ3) is 2.66. The quantitative estimate of drug-likeness (QED) is 0.802. The van der Waals surface area contributed by atoms with Gasteiger partial charge in [0, 0.05) is 5.56 Å². The second-order valence-electron chi connectivity index (χ2n) is 3.55. The van der Waals surface area contributed by atoms with Crippen LogP contribution in [0.1, 0.15) is 11.3 Å². The SMILES string of the molecule is N#Cc1ncc(-c2ccccc2C(F)(F)F)nc1Cl. The van der Waals surface area contributed by atoms with Crippen LogP contribution in [0.2, 0.25) is 5.15 Å². The first-order valence-corrected chi connectivity index (χ1v) is 5.40. The monoisotopic (exact) mass is 283 g/mol. The summed E-state index contributed by atoms with van der Waals surface area (Å²) in [6.45, 7) is 0. The molecule has 96 valence electrons. The van der Waals surface area contributed by atoms with Crippen LogP contribution in [0.4, 0.5) is 13.2 Å². The molecule has 0 saturated heterocycles. The lowest BCUT2D eigenvalue weighted by Gasteiger charge is -2.12. The number of nitrogens with zero attached hydrogens (tertiary/aromatic N) is 3. The van der Waals surface area contributed by atoms with Crippen LogP contribution in [-0.2, 0) is 6.18 Å². The van der Waals surface area contributed by atoms with Gasteiger partial charge in [-0.05, 0) is 6.07 Å². The van der Waals surface area contributed by atoms with Crippen LogP contribution in [0.25, 0.3) is 11.3 Å². The number of aromatic nitrogens is 2. The van der Waals surface area contributed by atoms with Crippen molar-refractivity contribution in [3.05, 3.63) is 46.9 Å². The van der Waals surface area contributed by atoms with Gasteiger partial charge in [-0.25, -0.2) is 9.97 Å². The van der Waals surface area contributed by atoms with Gasteiger partial charge in [-0.2, -0.15) is 18.4 Å². The normalized spacial score (nSPS) is 11.1. The number of hydrogen-bond donors (Lipinski definition) is 0.